The lowest BCUT2D eigenvalue weighted by Gasteiger charge is -2.14. The van der Waals surface area contributed by atoms with Gasteiger partial charge in [-0.05, 0) is 50.8 Å². The van der Waals surface area contributed by atoms with Crippen molar-refractivity contribution in [1.29, 1.82) is 0 Å². The number of nitrogens with zero attached hydrogens (tertiary/aromatic N) is 3. The number of alkyl halides is 3. The van der Waals surface area contributed by atoms with Crippen LogP contribution in [0.25, 0.3) is 0 Å². The van der Waals surface area contributed by atoms with Gasteiger partial charge in [0.25, 0.3) is 0 Å². The molecular weight excluding hydrogens is 507 g/mol. The smallest absolute Gasteiger partial charge is 0.329 e. The molecule has 0 saturated heterocycles. The number of rotatable bonds is 9. The van der Waals surface area contributed by atoms with E-state index < -0.39 is 10.5 Å². The minimum Gasteiger partial charge on any atom is -0.469 e. The van der Waals surface area contributed by atoms with Crippen LogP contribution in [0.1, 0.15) is 50.4 Å². The van der Waals surface area contributed by atoms with Crippen LogP contribution in [0.3, 0.4) is 0 Å². The number of ether oxygens (including phenoxy) is 1. The van der Waals surface area contributed by atoms with E-state index >= 15 is 0 Å². The van der Waals surface area contributed by atoms with E-state index in [4.69, 9.17) is 4.74 Å². The zero-order valence-corrected chi connectivity index (χ0v) is 19.1. The average molecular weight is 531 g/mol. The highest BCUT2D eigenvalue weighted by molar-refractivity contribution is 14.1. The van der Waals surface area contributed by atoms with Gasteiger partial charge < -0.3 is 15.4 Å². The SMILES string of the molecule is CC(C)Nc1cc(C2CC2C(=O)N[C@H](C)c2cnc(OCC(F)(F)I)cn2)ccn1. The Kier molecular flexibility index (Phi) is 7.04. The summed E-state index contributed by atoms with van der Waals surface area (Å²) in [5, 5.41) is 6.21. The van der Waals surface area contributed by atoms with Crippen molar-refractivity contribution >= 4 is 34.3 Å². The van der Waals surface area contributed by atoms with Gasteiger partial charge in [0.2, 0.25) is 11.8 Å². The van der Waals surface area contributed by atoms with Gasteiger partial charge in [0, 0.05) is 40.7 Å². The molecule has 2 heterocycles. The van der Waals surface area contributed by atoms with Crippen LogP contribution in [0.5, 0.6) is 5.88 Å². The number of hydrogen-bond donors (Lipinski definition) is 2. The average Bonchev–Trinajstić information content (AvgIpc) is 3.47. The van der Waals surface area contributed by atoms with Crippen molar-refractivity contribution in [3.63, 3.8) is 0 Å². The van der Waals surface area contributed by atoms with E-state index in [2.05, 4.69) is 25.6 Å². The molecule has 0 spiro atoms. The molecule has 2 unspecified atom stereocenters. The molecule has 10 heteroatoms. The molecule has 1 aliphatic rings. The van der Waals surface area contributed by atoms with Crippen molar-refractivity contribution in [3.8, 4) is 5.88 Å². The summed E-state index contributed by atoms with van der Waals surface area (Å²) in [4.78, 5) is 25.1. The molecule has 2 aromatic heterocycles. The normalized spacial score (nSPS) is 19.3. The molecule has 0 bridgehead atoms. The first-order chi connectivity index (χ1) is 14.1. The highest BCUT2D eigenvalue weighted by atomic mass is 127. The molecule has 1 aliphatic carbocycles. The number of aromatic nitrogens is 3. The molecule has 1 fully saturated rings. The fourth-order valence-corrected chi connectivity index (χ4v) is 3.24. The Labute approximate surface area is 187 Å². The van der Waals surface area contributed by atoms with Gasteiger partial charge in [-0.15, -0.1) is 0 Å². The fourth-order valence-electron chi connectivity index (χ4n) is 3.08. The Bertz CT molecular complexity index is 876. The molecule has 2 aromatic rings. The third kappa shape index (κ3) is 6.44. The van der Waals surface area contributed by atoms with Gasteiger partial charge in [-0.1, -0.05) is 0 Å². The van der Waals surface area contributed by atoms with Crippen LogP contribution >= 0.6 is 22.6 Å². The van der Waals surface area contributed by atoms with Crippen LogP contribution in [-0.4, -0.2) is 37.4 Å². The zero-order chi connectivity index (χ0) is 21.9. The first-order valence-corrected chi connectivity index (χ1v) is 10.7. The number of halogens is 3. The van der Waals surface area contributed by atoms with Crippen LogP contribution in [-0.2, 0) is 4.79 Å². The van der Waals surface area contributed by atoms with Crippen LogP contribution in [0, 0.1) is 5.92 Å². The molecule has 1 amide bonds. The molecule has 30 heavy (non-hydrogen) atoms. The summed E-state index contributed by atoms with van der Waals surface area (Å²) in [7, 11) is 0. The first-order valence-electron chi connectivity index (χ1n) is 9.66. The summed E-state index contributed by atoms with van der Waals surface area (Å²) < 4.78 is 27.6. The van der Waals surface area contributed by atoms with Gasteiger partial charge in [-0.3, -0.25) is 9.78 Å². The van der Waals surface area contributed by atoms with Gasteiger partial charge in [0.05, 0.1) is 24.1 Å². The van der Waals surface area contributed by atoms with Crippen molar-refractivity contribution in [1.82, 2.24) is 20.3 Å². The lowest BCUT2D eigenvalue weighted by molar-refractivity contribution is -0.123. The van der Waals surface area contributed by atoms with Crippen molar-refractivity contribution in [2.24, 2.45) is 5.92 Å². The molecule has 7 nitrogen and oxygen atoms in total. The summed E-state index contributed by atoms with van der Waals surface area (Å²) in [5.41, 5.74) is 1.62. The van der Waals surface area contributed by atoms with E-state index in [0.29, 0.717) is 5.69 Å². The Balaban J connectivity index is 1.53. The van der Waals surface area contributed by atoms with Crippen molar-refractivity contribution < 1.29 is 18.3 Å². The number of anilines is 1. The number of pyridine rings is 1. The highest BCUT2D eigenvalue weighted by Gasteiger charge is 2.44. The minimum atomic E-state index is -2.97. The van der Waals surface area contributed by atoms with Crippen LogP contribution in [0.15, 0.2) is 30.7 Å². The molecular formula is C20H24F2IN5O2. The quantitative estimate of drug-likeness (QED) is 0.375. The third-order valence-corrected chi connectivity index (χ3v) is 4.92. The van der Waals surface area contributed by atoms with E-state index in [9.17, 15) is 13.6 Å². The Morgan fingerprint density at radius 1 is 1.30 bits per heavy atom. The molecule has 3 atom stereocenters. The largest absolute Gasteiger partial charge is 0.469 e. The lowest BCUT2D eigenvalue weighted by atomic mass is 10.1. The first kappa shape index (κ1) is 22.6. The lowest BCUT2D eigenvalue weighted by Crippen LogP contribution is -2.29. The third-order valence-electron chi connectivity index (χ3n) is 4.61. The van der Waals surface area contributed by atoms with Gasteiger partial charge in [-0.2, -0.15) is 8.78 Å². The number of hydrogen-bond acceptors (Lipinski definition) is 6. The molecule has 1 saturated carbocycles. The second-order valence-corrected chi connectivity index (χ2v) is 9.21. The Morgan fingerprint density at radius 2 is 2.07 bits per heavy atom. The maximum Gasteiger partial charge on any atom is 0.329 e. The van der Waals surface area contributed by atoms with Crippen LogP contribution in [0.4, 0.5) is 14.6 Å². The van der Waals surface area contributed by atoms with Gasteiger partial charge in [0.1, 0.15) is 5.82 Å². The zero-order valence-electron chi connectivity index (χ0n) is 16.9. The van der Waals surface area contributed by atoms with Crippen LogP contribution in [0.2, 0.25) is 0 Å². The number of amides is 1. The predicted octanol–water partition coefficient (Wildman–Crippen LogP) is 4.08. The topological polar surface area (TPSA) is 89.0 Å². The van der Waals surface area contributed by atoms with Crippen LogP contribution < -0.4 is 15.4 Å². The molecule has 2 N–H and O–H groups in total. The standard InChI is InChI=1S/C20H24F2IN5O2/c1-11(2)27-17-6-13(4-5-24-17)14-7-15(14)19(29)28-12(3)16-8-26-18(9-25-16)30-10-20(21,22)23/h4-6,8-9,11-12,14-15H,7,10H2,1-3H3,(H,24,27)(H,28,29)/t12-,14?,15?/m1/s1. The predicted molar refractivity (Wildman–Crippen MR) is 117 cm³/mol. The second-order valence-electron chi connectivity index (χ2n) is 7.64. The Hall–Kier alpha value is -2.11. The highest BCUT2D eigenvalue weighted by Crippen LogP contribution is 2.48. The maximum absolute atomic E-state index is 12.8. The minimum absolute atomic E-state index is 0.0133. The molecule has 0 radical (unpaired) electrons. The van der Waals surface area contributed by atoms with Gasteiger partial charge in [0.15, 0.2) is 6.61 Å². The van der Waals surface area contributed by atoms with E-state index in [0.717, 1.165) is 40.4 Å². The summed E-state index contributed by atoms with van der Waals surface area (Å²) in [6, 6.07) is 3.85. The van der Waals surface area contributed by atoms with Crippen molar-refractivity contribution in [2.45, 2.75) is 49.1 Å². The van der Waals surface area contributed by atoms with Crippen molar-refractivity contribution in [2.75, 3.05) is 11.9 Å². The summed E-state index contributed by atoms with van der Waals surface area (Å²) >= 11 is 0.997. The van der Waals surface area contributed by atoms with Crippen molar-refractivity contribution in [3.05, 3.63) is 42.0 Å². The molecule has 0 aromatic carbocycles. The second kappa shape index (κ2) is 9.36. The van der Waals surface area contributed by atoms with Gasteiger partial charge >= 0.3 is 3.93 Å². The maximum atomic E-state index is 12.8. The van der Waals surface area contributed by atoms with Gasteiger partial charge in [-0.25, -0.2) is 9.97 Å². The molecule has 0 aliphatic heterocycles. The fraction of sp³-hybridized carbons (Fsp3) is 0.500. The van der Waals surface area contributed by atoms with E-state index in [1.165, 1.54) is 12.4 Å². The van der Waals surface area contributed by atoms with E-state index in [1.807, 2.05) is 26.0 Å². The van der Waals surface area contributed by atoms with E-state index in [-0.39, 0.29) is 35.7 Å². The number of carbonyl (C=O) groups is 1. The Morgan fingerprint density at radius 3 is 2.70 bits per heavy atom. The molecule has 3 rings (SSSR count). The summed E-state index contributed by atoms with van der Waals surface area (Å²) in [5.74, 6) is 0.849. The monoisotopic (exact) mass is 531 g/mol. The molecule has 162 valence electrons. The summed E-state index contributed by atoms with van der Waals surface area (Å²) in [6.07, 6.45) is 5.24. The summed E-state index contributed by atoms with van der Waals surface area (Å²) in [6.45, 7) is 5.11. The number of carbonyl (C=O) groups excluding carboxylic acids is 1. The van der Waals surface area contributed by atoms with E-state index in [1.54, 1.807) is 13.1 Å². The number of nitrogens with one attached hydrogen (secondary N) is 2.